The average molecular weight is 283 g/mol. The third-order valence-electron chi connectivity index (χ3n) is 2.90. The van der Waals surface area contributed by atoms with E-state index in [0.29, 0.717) is 17.0 Å². The molecular weight excluding hydrogens is 267 g/mol. The first kappa shape index (κ1) is 14.0. The number of aromatic amines is 1. The first-order valence-corrected chi connectivity index (χ1v) is 6.62. The zero-order valence-electron chi connectivity index (χ0n) is 10.7. The second-order valence-electron chi connectivity index (χ2n) is 4.31. The Bertz CT molecular complexity index is 495. The number of H-pyrrole nitrogens is 1. The van der Waals surface area contributed by atoms with Gasteiger partial charge in [0.15, 0.2) is 0 Å². The van der Waals surface area contributed by atoms with Crippen LogP contribution in [0.2, 0.25) is 5.02 Å². The van der Waals surface area contributed by atoms with E-state index in [1.165, 1.54) is 6.07 Å². The maximum Gasteiger partial charge on any atom is 0.127 e. The molecule has 2 aromatic rings. The summed E-state index contributed by atoms with van der Waals surface area (Å²) in [6.07, 6.45) is 3.07. The molecule has 1 aromatic heterocycles. The van der Waals surface area contributed by atoms with Gasteiger partial charge in [0.1, 0.15) is 5.82 Å². The Labute approximate surface area is 116 Å². The predicted molar refractivity (Wildman–Crippen MR) is 72.5 cm³/mol. The second-order valence-corrected chi connectivity index (χ2v) is 4.71. The Morgan fingerprint density at radius 1 is 1.47 bits per heavy atom. The number of rotatable bonds is 6. The smallest absolute Gasteiger partial charge is 0.127 e. The minimum Gasteiger partial charge on any atom is -0.308 e. The second kappa shape index (κ2) is 6.63. The monoisotopic (exact) mass is 282 g/mol. The lowest BCUT2D eigenvalue weighted by molar-refractivity contribution is 0.502. The third kappa shape index (κ3) is 3.52. The van der Waals surface area contributed by atoms with E-state index in [2.05, 4.69) is 27.7 Å². The van der Waals surface area contributed by atoms with Gasteiger partial charge in [0.05, 0.1) is 17.9 Å². The van der Waals surface area contributed by atoms with E-state index in [-0.39, 0.29) is 11.9 Å². The minimum atomic E-state index is -0.292. The normalized spacial score (nSPS) is 12.6. The first-order chi connectivity index (χ1) is 9.22. The van der Waals surface area contributed by atoms with Gasteiger partial charge in [0.2, 0.25) is 0 Å². The molecule has 1 aromatic carbocycles. The third-order valence-corrected chi connectivity index (χ3v) is 3.26. The lowest BCUT2D eigenvalue weighted by atomic mass is 10.0. The molecule has 1 heterocycles. The Balaban J connectivity index is 2.20. The molecule has 1 atom stereocenters. The van der Waals surface area contributed by atoms with Gasteiger partial charge in [-0.3, -0.25) is 0 Å². The largest absolute Gasteiger partial charge is 0.308 e. The van der Waals surface area contributed by atoms with E-state index < -0.39 is 0 Å². The molecule has 1 unspecified atom stereocenters. The van der Waals surface area contributed by atoms with Crippen molar-refractivity contribution in [2.45, 2.75) is 25.8 Å². The molecule has 0 aliphatic rings. The van der Waals surface area contributed by atoms with Crippen molar-refractivity contribution in [2.24, 2.45) is 0 Å². The molecule has 0 radical (unpaired) electrons. The number of nitrogens with one attached hydrogen (secondary N) is 2. The van der Waals surface area contributed by atoms with Crippen LogP contribution in [-0.2, 0) is 6.42 Å². The molecule has 0 aliphatic heterocycles. The number of hydrogen-bond donors (Lipinski definition) is 2. The van der Waals surface area contributed by atoms with Gasteiger partial charge in [-0.05, 0) is 31.5 Å². The van der Waals surface area contributed by atoms with Crippen LogP contribution >= 0.6 is 11.6 Å². The summed E-state index contributed by atoms with van der Waals surface area (Å²) >= 11 is 6.06. The van der Waals surface area contributed by atoms with Gasteiger partial charge in [-0.2, -0.15) is 15.4 Å². The average Bonchev–Trinajstić information content (AvgIpc) is 2.91. The molecule has 4 nitrogen and oxygen atoms in total. The van der Waals surface area contributed by atoms with Crippen LogP contribution in [0.25, 0.3) is 0 Å². The predicted octanol–water partition coefficient (Wildman–Crippen LogP) is 2.88. The van der Waals surface area contributed by atoms with Crippen molar-refractivity contribution in [2.75, 3.05) is 6.54 Å². The van der Waals surface area contributed by atoms with Gasteiger partial charge < -0.3 is 5.32 Å². The molecule has 0 amide bonds. The van der Waals surface area contributed by atoms with Crippen LogP contribution in [0.4, 0.5) is 4.39 Å². The van der Waals surface area contributed by atoms with E-state index in [4.69, 9.17) is 11.6 Å². The fourth-order valence-electron chi connectivity index (χ4n) is 1.91. The van der Waals surface area contributed by atoms with Crippen molar-refractivity contribution in [3.8, 4) is 0 Å². The molecule has 19 heavy (non-hydrogen) atoms. The number of hydrogen-bond acceptors (Lipinski definition) is 3. The molecule has 0 spiro atoms. The summed E-state index contributed by atoms with van der Waals surface area (Å²) in [6.45, 7) is 2.90. The molecule has 0 bridgehead atoms. The zero-order chi connectivity index (χ0) is 13.7. The highest BCUT2D eigenvalue weighted by Crippen LogP contribution is 2.24. The number of halogens is 2. The topological polar surface area (TPSA) is 53.6 Å². The van der Waals surface area contributed by atoms with Crippen molar-refractivity contribution < 1.29 is 4.39 Å². The Kier molecular flexibility index (Phi) is 4.87. The Hall–Kier alpha value is -1.46. The van der Waals surface area contributed by atoms with E-state index in [1.54, 1.807) is 18.3 Å². The van der Waals surface area contributed by atoms with Crippen LogP contribution in [0.5, 0.6) is 0 Å². The zero-order valence-corrected chi connectivity index (χ0v) is 11.4. The minimum absolute atomic E-state index is 0.104. The van der Waals surface area contributed by atoms with Crippen LogP contribution in [-0.4, -0.2) is 22.0 Å². The van der Waals surface area contributed by atoms with Gasteiger partial charge in [-0.15, -0.1) is 0 Å². The number of aromatic nitrogens is 3. The van der Waals surface area contributed by atoms with E-state index in [0.717, 1.165) is 18.7 Å². The first-order valence-electron chi connectivity index (χ1n) is 6.24. The molecule has 2 rings (SSSR count). The highest BCUT2D eigenvalue weighted by Gasteiger charge is 2.18. The van der Waals surface area contributed by atoms with Crippen molar-refractivity contribution in [1.82, 2.24) is 20.7 Å². The van der Waals surface area contributed by atoms with Crippen LogP contribution in [0.3, 0.4) is 0 Å². The highest BCUT2D eigenvalue weighted by molar-refractivity contribution is 6.31. The van der Waals surface area contributed by atoms with Gasteiger partial charge in [0.25, 0.3) is 0 Å². The Morgan fingerprint density at radius 2 is 2.32 bits per heavy atom. The Morgan fingerprint density at radius 3 is 2.95 bits per heavy atom. The quantitative estimate of drug-likeness (QED) is 0.856. The maximum atomic E-state index is 13.8. The lowest BCUT2D eigenvalue weighted by Crippen LogP contribution is -2.25. The van der Waals surface area contributed by atoms with Gasteiger partial charge >= 0.3 is 0 Å². The summed E-state index contributed by atoms with van der Waals surface area (Å²) in [7, 11) is 0. The van der Waals surface area contributed by atoms with Crippen molar-refractivity contribution in [3.63, 3.8) is 0 Å². The molecule has 102 valence electrons. The highest BCUT2D eigenvalue weighted by atomic mass is 35.5. The molecular formula is C13H16ClFN4. The molecule has 0 saturated heterocycles. The summed E-state index contributed by atoms with van der Waals surface area (Å²) in [4.78, 5) is 0. The van der Waals surface area contributed by atoms with Crippen LogP contribution in [0.1, 0.15) is 30.6 Å². The van der Waals surface area contributed by atoms with Crippen molar-refractivity contribution >= 4 is 11.6 Å². The maximum absolute atomic E-state index is 13.8. The fourth-order valence-corrected chi connectivity index (χ4v) is 2.15. The fraction of sp³-hybridized carbons (Fsp3) is 0.385. The van der Waals surface area contributed by atoms with Crippen molar-refractivity contribution in [1.29, 1.82) is 0 Å². The summed E-state index contributed by atoms with van der Waals surface area (Å²) < 4.78 is 13.8. The van der Waals surface area contributed by atoms with Crippen LogP contribution in [0.15, 0.2) is 24.4 Å². The van der Waals surface area contributed by atoms with Crippen molar-refractivity contribution in [3.05, 3.63) is 46.5 Å². The van der Waals surface area contributed by atoms with Gasteiger partial charge in [-0.25, -0.2) is 4.39 Å². The number of nitrogens with zero attached hydrogens (tertiary/aromatic N) is 2. The summed E-state index contributed by atoms with van der Waals surface area (Å²) in [6, 6.07) is 4.61. The summed E-state index contributed by atoms with van der Waals surface area (Å²) in [5, 5.41) is 14.2. The van der Waals surface area contributed by atoms with E-state index in [9.17, 15) is 4.39 Å². The lowest BCUT2D eigenvalue weighted by Gasteiger charge is -2.17. The van der Waals surface area contributed by atoms with E-state index in [1.807, 2.05) is 0 Å². The van der Waals surface area contributed by atoms with Gasteiger partial charge in [0, 0.05) is 10.6 Å². The molecule has 2 N–H and O–H groups in total. The van der Waals surface area contributed by atoms with Gasteiger partial charge in [-0.1, -0.05) is 24.6 Å². The van der Waals surface area contributed by atoms with E-state index >= 15 is 0 Å². The van der Waals surface area contributed by atoms with Crippen LogP contribution < -0.4 is 5.32 Å². The summed E-state index contributed by atoms with van der Waals surface area (Å²) in [5.74, 6) is -0.292. The molecule has 6 heteroatoms. The molecule has 0 fully saturated rings. The van der Waals surface area contributed by atoms with Crippen LogP contribution in [0, 0.1) is 5.82 Å². The SMILES string of the molecule is CCCNC(Cc1c(F)cccc1Cl)c1cn[nH]n1. The molecule has 0 saturated carbocycles. The summed E-state index contributed by atoms with van der Waals surface area (Å²) in [5.41, 5.74) is 1.26. The standard InChI is InChI=1S/C13H16ClFN4/c1-2-6-16-12(13-8-17-19-18-13)7-9-10(14)4-3-5-11(9)15/h3-5,8,12,16H,2,6-7H2,1H3,(H,17,18,19). The number of benzene rings is 1. The molecule has 0 aliphatic carbocycles.